The molecule has 0 heterocycles. The van der Waals surface area contributed by atoms with E-state index in [0.29, 0.717) is 6.42 Å². The number of carbonyl (C=O) groups is 1. The third-order valence-electron chi connectivity index (χ3n) is 1.65. The van der Waals surface area contributed by atoms with Gasteiger partial charge in [0, 0.05) is 23.5 Å². The van der Waals surface area contributed by atoms with Crippen molar-refractivity contribution in [3.8, 4) is 0 Å². The molecular weight excluding hydrogens is 136 g/mol. The van der Waals surface area contributed by atoms with E-state index in [4.69, 9.17) is 0 Å². The number of hydrogen-bond acceptors (Lipinski definition) is 2. The highest BCUT2D eigenvalue weighted by Crippen LogP contribution is 2.18. The number of hydrogen-bond donors (Lipinski definition) is 0. The van der Waals surface area contributed by atoms with Gasteiger partial charge >= 0.3 is 0 Å². The molecule has 1 aliphatic carbocycles. The largest absolute Gasteiger partial charge is 0.298 e. The first-order valence-corrected chi connectivity index (χ1v) is 4.69. The summed E-state index contributed by atoms with van der Waals surface area (Å²) in [6.45, 7) is 0. The zero-order chi connectivity index (χ0) is 6.85. The Bertz CT molecular complexity index is 153. The van der Waals surface area contributed by atoms with Crippen molar-refractivity contribution in [3.63, 3.8) is 0 Å². The monoisotopic (exact) mass is 146 g/mol. The van der Waals surface area contributed by atoms with Crippen LogP contribution in [0.25, 0.3) is 0 Å². The van der Waals surface area contributed by atoms with Gasteiger partial charge in [-0.3, -0.25) is 9.00 Å². The summed E-state index contributed by atoms with van der Waals surface area (Å²) in [7, 11) is -0.921. The fraction of sp³-hybridized carbons (Fsp3) is 0.833. The van der Waals surface area contributed by atoms with Crippen molar-refractivity contribution in [2.24, 2.45) is 0 Å². The van der Waals surface area contributed by atoms with Gasteiger partial charge in [-0.15, -0.1) is 0 Å². The zero-order valence-electron chi connectivity index (χ0n) is 5.42. The van der Waals surface area contributed by atoms with Gasteiger partial charge in [-0.1, -0.05) is 0 Å². The van der Waals surface area contributed by atoms with Crippen LogP contribution < -0.4 is 0 Å². The lowest BCUT2D eigenvalue weighted by molar-refractivity contribution is -0.117. The van der Waals surface area contributed by atoms with E-state index >= 15 is 0 Å². The third-order valence-corrected chi connectivity index (χ3v) is 2.95. The molecule has 0 amide bonds. The van der Waals surface area contributed by atoms with Gasteiger partial charge in [-0.25, -0.2) is 0 Å². The van der Waals surface area contributed by atoms with Crippen LogP contribution in [0.1, 0.15) is 19.3 Å². The summed E-state index contributed by atoms with van der Waals surface area (Å²) in [5, 5.41) is -0.134. The second-order valence-electron chi connectivity index (χ2n) is 2.35. The minimum absolute atomic E-state index is 0.134. The lowest BCUT2D eigenvalue weighted by Crippen LogP contribution is -2.18. The Kier molecular flexibility index (Phi) is 2.01. The minimum Gasteiger partial charge on any atom is -0.298 e. The van der Waals surface area contributed by atoms with Crippen molar-refractivity contribution in [2.75, 3.05) is 6.26 Å². The van der Waals surface area contributed by atoms with E-state index in [-0.39, 0.29) is 11.0 Å². The first-order chi connectivity index (χ1) is 4.22. The van der Waals surface area contributed by atoms with E-state index < -0.39 is 10.8 Å². The van der Waals surface area contributed by atoms with Gasteiger partial charge in [0.1, 0.15) is 5.78 Å². The third kappa shape index (κ3) is 1.39. The average Bonchev–Trinajstić information content (AvgIpc) is 2.13. The molecule has 9 heavy (non-hydrogen) atoms. The standard InChI is InChI=1S/C6H10O2S/c1-9(8)6-4-2-3-5(6)7/h6H,2-4H2,1H3. The Morgan fingerprint density at radius 2 is 2.33 bits per heavy atom. The fourth-order valence-electron chi connectivity index (χ4n) is 1.13. The number of Topliss-reactive ketones (excluding diaryl/α,β-unsaturated/α-hetero) is 1. The van der Waals surface area contributed by atoms with Crippen LogP contribution in [0.5, 0.6) is 0 Å². The highest BCUT2D eigenvalue weighted by Gasteiger charge is 2.26. The molecule has 0 saturated heterocycles. The van der Waals surface area contributed by atoms with E-state index in [1.165, 1.54) is 0 Å². The van der Waals surface area contributed by atoms with Gasteiger partial charge in [0.25, 0.3) is 0 Å². The van der Waals surface area contributed by atoms with Gasteiger partial charge in [0.15, 0.2) is 0 Å². The SMILES string of the molecule is CS(=O)C1CCCC1=O. The van der Waals surface area contributed by atoms with Crippen molar-refractivity contribution in [1.29, 1.82) is 0 Å². The molecular formula is C6H10O2S. The maximum atomic E-state index is 10.8. The molecule has 2 nitrogen and oxygen atoms in total. The molecule has 1 aliphatic rings. The molecule has 0 spiro atoms. The highest BCUT2D eigenvalue weighted by molar-refractivity contribution is 7.85. The van der Waals surface area contributed by atoms with Gasteiger partial charge in [-0.05, 0) is 12.8 Å². The first kappa shape index (κ1) is 6.93. The Balaban J connectivity index is 2.60. The number of ketones is 1. The minimum atomic E-state index is -0.921. The van der Waals surface area contributed by atoms with Crippen molar-refractivity contribution >= 4 is 16.6 Å². The molecule has 0 radical (unpaired) electrons. The number of rotatable bonds is 1. The molecule has 0 aromatic carbocycles. The maximum absolute atomic E-state index is 10.8. The first-order valence-electron chi connectivity index (χ1n) is 3.07. The van der Waals surface area contributed by atoms with E-state index in [1.54, 1.807) is 6.26 Å². The molecule has 3 heteroatoms. The van der Waals surface area contributed by atoms with E-state index in [1.807, 2.05) is 0 Å². The van der Waals surface area contributed by atoms with Gasteiger partial charge in [0.05, 0.1) is 5.25 Å². The van der Waals surface area contributed by atoms with Crippen LogP contribution >= 0.6 is 0 Å². The molecule has 0 N–H and O–H groups in total. The predicted molar refractivity (Wildman–Crippen MR) is 36.7 cm³/mol. The van der Waals surface area contributed by atoms with Gasteiger partial charge in [0.2, 0.25) is 0 Å². The normalized spacial score (nSPS) is 30.8. The van der Waals surface area contributed by atoms with Crippen LogP contribution in [-0.2, 0) is 15.6 Å². The summed E-state index contributed by atoms with van der Waals surface area (Å²) in [6.07, 6.45) is 4.02. The zero-order valence-corrected chi connectivity index (χ0v) is 6.24. The van der Waals surface area contributed by atoms with E-state index in [2.05, 4.69) is 0 Å². The van der Waals surface area contributed by atoms with Gasteiger partial charge in [-0.2, -0.15) is 0 Å². The lowest BCUT2D eigenvalue weighted by Gasteiger charge is -1.99. The molecule has 0 aromatic heterocycles. The van der Waals surface area contributed by atoms with Crippen LogP contribution in [0.4, 0.5) is 0 Å². The second kappa shape index (κ2) is 2.60. The van der Waals surface area contributed by atoms with Crippen LogP contribution in [0.3, 0.4) is 0 Å². The quantitative estimate of drug-likeness (QED) is 0.539. The van der Waals surface area contributed by atoms with Crippen LogP contribution in [-0.4, -0.2) is 21.5 Å². The molecule has 0 bridgehead atoms. The molecule has 1 saturated carbocycles. The van der Waals surface area contributed by atoms with Gasteiger partial charge < -0.3 is 0 Å². The second-order valence-corrected chi connectivity index (χ2v) is 3.91. The molecule has 0 aliphatic heterocycles. The van der Waals surface area contributed by atoms with Crippen molar-refractivity contribution in [2.45, 2.75) is 24.5 Å². The summed E-state index contributed by atoms with van der Waals surface area (Å²) < 4.78 is 10.7. The van der Waals surface area contributed by atoms with Crippen molar-refractivity contribution in [1.82, 2.24) is 0 Å². The summed E-state index contributed by atoms with van der Waals surface area (Å²) in [4.78, 5) is 10.8. The van der Waals surface area contributed by atoms with E-state index in [0.717, 1.165) is 12.8 Å². The smallest absolute Gasteiger partial charge is 0.148 e. The summed E-state index contributed by atoms with van der Waals surface area (Å²) in [5.74, 6) is 0.191. The van der Waals surface area contributed by atoms with Crippen molar-refractivity contribution in [3.05, 3.63) is 0 Å². The predicted octanol–water partition coefficient (Wildman–Crippen LogP) is 0.487. The summed E-state index contributed by atoms with van der Waals surface area (Å²) in [5.41, 5.74) is 0. The highest BCUT2D eigenvalue weighted by atomic mass is 32.2. The molecule has 1 fully saturated rings. The fourth-order valence-corrected chi connectivity index (χ4v) is 2.12. The van der Waals surface area contributed by atoms with Crippen molar-refractivity contribution < 1.29 is 9.00 Å². The van der Waals surface area contributed by atoms with Crippen LogP contribution in [0.2, 0.25) is 0 Å². The molecule has 1 rings (SSSR count). The molecule has 2 atom stereocenters. The Morgan fingerprint density at radius 3 is 2.56 bits per heavy atom. The Labute approximate surface area is 57.1 Å². The molecule has 52 valence electrons. The Morgan fingerprint density at radius 1 is 1.67 bits per heavy atom. The van der Waals surface area contributed by atoms with E-state index in [9.17, 15) is 9.00 Å². The average molecular weight is 146 g/mol. The molecule has 0 aromatic rings. The summed E-state index contributed by atoms with van der Waals surface area (Å²) in [6, 6.07) is 0. The topological polar surface area (TPSA) is 34.1 Å². The molecule has 2 unspecified atom stereocenters. The van der Waals surface area contributed by atoms with Crippen LogP contribution in [0.15, 0.2) is 0 Å². The lowest BCUT2D eigenvalue weighted by atomic mass is 10.3. The Hall–Kier alpha value is -0.180. The summed E-state index contributed by atoms with van der Waals surface area (Å²) >= 11 is 0. The number of carbonyl (C=O) groups excluding carboxylic acids is 1. The maximum Gasteiger partial charge on any atom is 0.148 e. The van der Waals surface area contributed by atoms with Crippen LogP contribution in [0, 0.1) is 0 Å².